The Balaban J connectivity index is 2.45. The SMILES string of the molecule is CCC(O)(CC)CN(C)CC1(O)CCOCC1. The van der Waals surface area contributed by atoms with Crippen molar-refractivity contribution in [3.05, 3.63) is 0 Å². The van der Waals surface area contributed by atoms with E-state index in [1.807, 2.05) is 25.8 Å². The van der Waals surface area contributed by atoms with Crippen molar-refractivity contribution in [1.29, 1.82) is 0 Å². The Kier molecular flexibility index (Phi) is 5.38. The van der Waals surface area contributed by atoms with Gasteiger partial charge in [0.15, 0.2) is 0 Å². The Morgan fingerprint density at radius 2 is 1.76 bits per heavy atom. The summed E-state index contributed by atoms with van der Waals surface area (Å²) in [5.74, 6) is 0. The van der Waals surface area contributed by atoms with Gasteiger partial charge in [-0.3, -0.25) is 0 Å². The monoisotopic (exact) mass is 245 g/mol. The molecule has 4 nitrogen and oxygen atoms in total. The lowest BCUT2D eigenvalue weighted by atomic mass is 9.92. The third-order valence-corrected chi connectivity index (χ3v) is 3.87. The molecule has 0 radical (unpaired) electrons. The number of nitrogens with zero attached hydrogens (tertiary/aromatic N) is 1. The molecule has 0 bridgehead atoms. The summed E-state index contributed by atoms with van der Waals surface area (Å²) in [6.45, 7) is 6.50. The van der Waals surface area contributed by atoms with Crippen LogP contribution < -0.4 is 0 Å². The minimum Gasteiger partial charge on any atom is -0.389 e. The molecule has 1 heterocycles. The fraction of sp³-hybridized carbons (Fsp3) is 1.00. The van der Waals surface area contributed by atoms with Crippen LogP contribution in [0.3, 0.4) is 0 Å². The second-order valence-corrected chi connectivity index (χ2v) is 5.44. The molecule has 1 rings (SSSR count). The fourth-order valence-corrected chi connectivity index (χ4v) is 2.44. The van der Waals surface area contributed by atoms with Gasteiger partial charge in [0.05, 0.1) is 11.2 Å². The maximum atomic E-state index is 10.4. The Morgan fingerprint density at radius 3 is 2.24 bits per heavy atom. The van der Waals surface area contributed by atoms with Gasteiger partial charge in [0.2, 0.25) is 0 Å². The van der Waals surface area contributed by atoms with Crippen molar-refractivity contribution < 1.29 is 14.9 Å². The predicted molar refractivity (Wildman–Crippen MR) is 68.0 cm³/mol. The quantitative estimate of drug-likeness (QED) is 0.733. The molecule has 102 valence electrons. The van der Waals surface area contributed by atoms with Crippen molar-refractivity contribution in [2.75, 3.05) is 33.4 Å². The molecule has 1 aliphatic heterocycles. The van der Waals surface area contributed by atoms with Crippen LogP contribution in [0, 0.1) is 0 Å². The van der Waals surface area contributed by atoms with Crippen molar-refractivity contribution in [2.24, 2.45) is 0 Å². The average Bonchev–Trinajstić information content (AvgIpc) is 2.29. The number of hydrogen-bond acceptors (Lipinski definition) is 4. The van der Waals surface area contributed by atoms with Gasteiger partial charge in [-0.05, 0) is 19.9 Å². The van der Waals surface area contributed by atoms with Gasteiger partial charge in [0.1, 0.15) is 0 Å². The molecule has 0 amide bonds. The molecule has 0 aromatic rings. The van der Waals surface area contributed by atoms with Gasteiger partial charge in [-0.25, -0.2) is 0 Å². The van der Waals surface area contributed by atoms with Gasteiger partial charge in [-0.2, -0.15) is 0 Å². The van der Waals surface area contributed by atoms with Crippen LogP contribution in [0.4, 0.5) is 0 Å². The lowest BCUT2D eigenvalue weighted by molar-refractivity contribution is -0.0871. The summed E-state index contributed by atoms with van der Waals surface area (Å²) < 4.78 is 5.26. The zero-order chi connectivity index (χ0) is 12.9. The van der Waals surface area contributed by atoms with E-state index in [4.69, 9.17) is 4.74 Å². The third-order valence-electron chi connectivity index (χ3n) is 3.87. The summed E-state index contributed by atoms with van der Waals surface area (Å²) in [6.07, 6.45) is 2.87. The van der Waals surface area contributed by atoms with E-state index in [1.165, 1.54) is 0 Å². The van der Waals surface area contributed by atoms with E-state index in [9.17, 15) is 10.2 Å². The topological polar surface area (TPSA) is 52.9 Å². The molecular formula is C13H27NO3. The van der Waals surface area contributed by atoms with E-state index in [0.29, 0.717) is 39.1 Å². The van der Waals surface area contributed by atoms with Gasteiger partial charge in [0, 0.05) is 39.1 Å². The molecule has 1 fully saturated rings. The number of hydrogen-bond donors (Lipinski definition) is 2. The Hall–Kier alpha value is -0.160. The normalized spacial score (nSPS) is 20.8. The lowest BCUT2D eigenvalue weighted by Crippen LogP contribution is -2.49. The van der Waals surface area contributed by atoms with Crippen LogP contribution in [0.2, 0.25) is 0 Å². The van der Waals surface area contributed by atoms with Crippen LogP contribution in [0.15, 0.2) is 0 Å². The van der Waals surface area contributed by atoms with Crippen molar-refractivity contribution in [2.45, 2.75) is 50.7 Å². The summed E-state index contributed by atoms with van der Waals surface area (Å²) in [5, 5.41) is 20.6. The summed E-state index contributed by atoms with van der Waals surface area (Å²) in [4.78, 5) is 2.04. The molecule has 0 atom stereocenters. The highest BCUT2D eigenvalue weighted by Gasteiger charge is 2.33. The smallest absolute Gasteiger partial charge is 0.0817 e. The van der Waals surface area contributed by atoms with Crippen LogP contribution in [0.25, 0.3) is 0 Å². The van der Waals surface area contributed by atoms with Gasteiger partial charge < -0.3 is 19.8 Å². The Labute approximate surface area is 105 Å². The highest BCUT2D eigenvalue weighted by atomic mass is 16.5. The molecule has 0 aromatic carbocycles. The molecule has 1 saturated heterocycles. The number of likely N-dealkylation sites (N-methyl/N-ethyl adjacent to an activating group) is 1. The van der Waals surface area contributed by atoms with Crippen molar-refractivity contribution in [1.82, 2.24) is 4.90 Å². The molecule has 4 heteroatoms. The maximum absolute atomic E-state index is 10.4. The van der Waals surface area contributed by atoms with Crippen LogP contribution in [-0.2, 0) is 4.74 Å². The van der Waals surface area contributed by atoms with Crippen LogP contribution >= 0.6 is 0 Å². The average molecular weight is 245 g/mol. The van der Waals surface area contributed by atoms with E-state index in [-0.39, 0.29) is 0 Å². The highest BCUT2D eigenvalue weighted by Crippen LogP contribution is 2.23. The van der Waals surface area contributed by atoms with Crippen molar-refractivity contribution in [3.63, 3.8) is 0 Å². The van der Waals surface area contributed by atoms with E-state index < -0.39 is 11.2 Å². The molecule has 2 N–H and O–H groups in total. The second kappa shape index (κ2) is 6.14. The summed E-state index contributed by atoms with van der Waals surface area (Å²) in [5.41, 5.74) is -1.27. The summed E-state index contributed by atoms with van der Waals surface area (Å²) >= 11 is 0. The van der Waals surface area contributed by atoms with E-state index in [1.54, 1.807) is 0 Å². The van der Waals surface area contributed by atoms with Crippen molar-refractivity contribution in [3.8, 4) is 0 Å². The summed E-state index contributed by atoms with van der Waals surface area (Å²) in [7, 11) is 1.96. The highest BCUT2D eigenvalue weighted by molar-refractivity contribution is 4.86. The second-order valence-electron chi connectivity index (χ2n) is 5.44. The van der Waals surface area contributed by atoms with Crippen LogP contribution in [0.1, 0.15) is 39.5 Å². The first-order valence-corrected chi connectivity index (χ1v) is 6.64. The van der Waals surface area contributed by atoms with Crippen LogP contribution in [-0.4, -0.2) is 59.7 Å². The first kappa shape index (κ1) is 14.9. The molecule has 0 spiro atoms. The van der Waals surface area contributed by atoms with Gasteiger partial charge in [-0.1, -0.05) is 13.8 Å². The standard InChI is InChI=1S/C13H27NO3/c1-4-12(15,5-2)10-14(3)11-13(16)6-8-17-9-7-13/h15-16H,4-11H2,1-3H3. The predicted octanol–water partition coefficient (Wildman–Crippen LogP) is 1.01. The molecule has 0 aliphatic carbocycles. The Bertz CT molecular complexity index is 223. The largest absolute Gasteiger partial charge is 0.389 e. The maximum Gasteiger partial charge on any atom is 0.0817 e. The van der Waals surface area contributed by atoms with E-state index in [2.05, 4.69) is 0 Å². The van der Waals surface area contributed by atoms with Crippen LogP contribution in [0.5, 0.6) is 0 Å². The molecule has 0 saturated carbocycles. The summed E-state index contributed by atoms with van der Waals surface area (Å²) in [6, 6.07) is 0. The third kappa shape index (κ3) is 4.54. The van der Waals surface area contributed by atoms with Crippen molar-refractivity contribution >= 4 is 0 Å². The first-order chi connectivity index (χ1) is 7.93. The molecule has 1 aliphatic rings. The van der Waals surface area contributed by atoms with Gasteiger partial charge in [0.25, 0.3) is 0 Å². The zero-order valence-corrected chi connectivity index (χ0v) is 11.4. The number of rotatable bonds is 6. The lowest BCUT2D eigenvalue weighted by Gasteiger charge is -2.38. The number of ether oxygens (including phenoxy) is 1. The van der Waals surface area contributed by atoms with E-state index >= 15 is 0 Å². The molecular weight excluding hydrogens is 218 g/mol. The molecule has 17 heavy (non-hydrogen) atoms. The zero-order valence-electron chi connectivity index (χ0n) is 11.4. The Morgan fingerprint density at radius 1 is 1.24 bits per heavy atom. The minimum absolute atomic E-state index is 0.610. The van der Waals surface area contributed by atoms with Gasteiger partial charge >= 0.3 is 0 Å². The number of aliphatic hydroxyl groups is 2. The first-order valence-electron chi connectivity index (χ1n) is 6.64. The minimum atomic E-state index is -0.643. The van der Waals surface area contributed by atoms with E-state index in [0.717, 1.165) is 12.8 Å². The van der Waals surface area contributed by atoms with Gasteiger partial charge in [-0.15, -0.1) is 0 Å². The fourth-order valence-electron chi connectivity index (χ4n) is 2.44. The molecule has 0 unspecified atom stereocenters. The molecule has 0 aromatic heterocycles.